The lowest BCUT2D eigenvalue weighted by atomic mass is 10.0. The molecule has 0 aliphatic heterocycles. The van der Waals surface area contributed by atoms with Gasteiger partial charge in [0, 0.05) is 23.9 Å². The highest BCUT2D eigenvalue weighted by molar-refractivity contribution is 5.39. The highest BCUT2D eigenvalue weighted by atomic mass is 16.6. The van der Waals surface area contributed by atoms with Gasteiger partial charge in [-0.25, -0.2) is 4.52 Å². The summed E-state index contributed by atoms with van der Waals surface area (Å²) in [6.45, 7) is 4.23. The first-order valence-electron chi connectivity index (χ1n) is 11.9. The summed E-state index contributed by atoms with van der Waals surface area (Å²) in [6, 6.07) is 8.15. The summed E-state index contributed by atoms with van der Waals surface area (Å²) in [5.41, 5.74) is 1.82. The number of H-pyrrole nitrogens is 1. The summed E-state index contributed by atoms with van der Waals surface area (Å²) >= 11 is 0. The highest BCUT2D eigenvalue weighted by Crippen LogP contribution is 2.28. The second-order valence-corrected chi connectivity index (χ2v) is 8.52. The zero-order valence-electron chi connectivity index (χ0n) is 19.3. The van der Waals surface area contributed by atoms with Crippen LogP contribution in [-0.2, 0) is 0 Å². The Bertz CT molecular complexity index is 964. The molecule has 8 heteroatoms. The number of nitro groups is 1. The van der Waals surface area contributed by atoms with Crippen LogP contribution in [-0.4, -0.2) is 24.7 Å². The Hall–Kier alpha value is -2.90. The van der Waals surface area contributed by atoms with Gasteiger partial charge in [0.2, 0.25) is 0 Å². The summed E-state index contributed by atoms with van der Waals surface area (Å²) in [4.78, 5) is 10.5. The molecule has 0 aliphatic rings. The third-order valence-electron chi connectivity index (χ3n) is 5.78. The topological polar surface area (TPSA) is 98.3 Å². The highest BCUT2D eigenvalue weighted by Gasteiger charge is 2.21. The Balaban J connectivity index is 1.55. The van der Waals surface area contributed by atoms with Gasteiger partial charge in [-0.1, -0.05) is 64.7 Å². The van der Waals surface area contributed by atoms with Gasteiger partial charge < -0.3 is 4.74 Å². The number of fused-ring (bicyclic) bond motifs is 1. The molecule has 0 radical (unpaired) electrons. The van der Waals surface area contributed by atoms with E-state index in [0.29, 0.717) is 5.75 Å². The van der Waals surface area contributed by atoms with Gasteiger partial charge in [0.05, 0.1) is 4.92 Å². The number of aryl methyl sites for hydroxylation is 1. The molecule has 0 bridgehead atoms. The summed E-state index contributed by atoms with van der Waals surface area (Å²) in [7, 11) is 0. The molecule has 0 spiro atoms. The zero-order valence-corrected chi connectivity index (χ0v) is 19.3. The van der Waals surface area contributed by atoms with Gasteiger partial charge >= 0.3 is 0 Å². The maximum atomic E-state index is 10.9. The van der Waals surface area contributed by atoms with Crippen molar-refractivity contribution in [3.05, 3.63) is 52.0 Å². The van der Waals surface area contributed by atoms with Gasteiger partial charge in [0.25, 0.3) is 5.69 Å². The normalized spacial score (nSPS) is 12.3. The van der Waals surface area contributed by atoms with Crippen molar-refractivity contribution >= 4 is 11.3 Å². The van der Waals surface area contributed by atoms with Crippen LogP contribution in [0.15, 0.2) is 30.3 Å². The van der Waals surface area contributed by atoms with Crippen LogP contribution in [0.5, 0.6) is 5.75 Å². The SMILES string of the molecule is CCCCCCCCCCCCC(Oc1ccc([N+](=O)[O-])cc1)c1nnc2cc(C)[nH]n12. The Labute approximate surface area is 189 Å². The van der Waals surface area contributed by atoms with E-state index in [0.717, 1.165) is 36.4 Å². The number of non-ortho nitro benzene ring substituents is 1. The second-order valence-electron chi connectivity index (χ2n) is 8.52. The van der Waals surface area contributed by atoms with Crippen LogP contribution >= 0.6 is 0 Å². The quantitative estimate of drug-likeness (QED) is 0.161. The van der Waals surface area contributed by atoms with Crippen molar-refractivity contribution in [2.75, 3.05) is 0 Å². The molecule has 1 unspecified atom stereocenters. The van der Waals surface area contributed by atoms with E-state index in [1.165, 1.54) is 63.5 Å². The standard InChI is InChI=1S/C24H35N5O3/c1-3-4-5-6-7-8-9-10-11-12-13-22(24-26-25-23-18-19(2)27-28(23)24)32-21-16-14-20(15-17-21)29(30)31/h14-18,22,27H,3-13H2,1-2H3. The average Bonchev–Trinajstić information content (AvgIpc) is 3.33. The molecule has 174 valence electrons. The fourth-order valence-electron chi connectivity index (χ4n) is 4.00. The third kappa shape index (κ3) is 6.80. The van der Waals surface area contributed by atoms with Gasteiger partial charge in [-0.2, -0.15) is 0 Å². The first-order valence-corrected chi connectivity index (χ1v) is 11.9. The summed E-state index contributed by atoms with van der Waals surface area (Å²) < 4.78 is 8.09. The average molecular weight is 442 g/mol. The summed E-state index contributed by atoms with van der Waals surface area (Å²) in [6.07, 6.45) is 13.3. The number of nitrogens with one attached hydrogen (secondary N) is 1. The number of nitrogens with zero attached hydrogens (tertiary/aromatic N) is 4. The van der Waals surface area contributed by atoms with E-state index >= 15 is 0 Å². The fraction of sp³-hybridized carbons (Fsp3) is 0.583. The Morgan fingerprint density at radius 1 is 1.00 bits per heavy atom. The molecule has 0 saturated heterocycles. The van der Waals surface area contributed by atoms with Gasteiger partial charge in [-0.15, -0.1) is 10.2 Å². The minimum Gasteiger partial charge on any atom is -0.482 e. The number of unbranched alkanes of at least 4 members (excludes halogenated alkanes) is 9. The predicted octanol–water partition coefficient (Wildman–Crippen LogP) is 6.71. The number of benzene rings is 1. The van der Waals surface area contributed by atoms with Crippen molar-refractivity contribution in [1.82, 2.24) is 19.8 Å². The largest absolute Gasteiger partial charge is 0.482 e. The summed E-state index contributed by atoms with van der Waals surface area (Å²) in [5, 5.41) is 22.8. The Morgan fingerprint density at radius 2 is 1.62 bits per heavy atom. The number of ether oxygens (including phenoxy) is 1. The molecule has 1 atom stereocenters. The van der Waals surface area contributed by atoms with Gasteiger partial charge in [0.1, 0.15) is 5.75 Å². The molecule has 1 N–H and O–H groups in total. The van der Waals surface area contributed by atoms with Crippen molar-refractivity contribution < 1.29 is 9.66 Å². The fourth-order valence-corrected chi connectivity index (χ4v) is 4.00. The zero-order chi connectivity index (χ0) is 22.8. The van der Waals surface area contributed by atoms with Gasteiger partial charge in [-0.05, 0) is 31.9 Å². The van der Waals surface area contributed by atoms with Crippen LogP contribution in [0.2, 0.25) is 0 Å². The molecule has 0 fully saturated rings. The van der Waals surface area contributed by atoms with E-state index in [2.05, 4.69) is 22.2 Å². The molecule has 2 heterocycles. The smallest absolute Gasteiger partial charge is 0.269 e. The van der Waals surface area contributed by atoms with Crippen LogP contribution < -0.4 is 4.74 Å². The van der Waals surface area contributed by atoms with Crippen LogP contribution in [0.3, 0.4) is 0 Å². The van der Waals surface area contributed by atoms with E-state index < -0.39 is 4.92 Å². The van der Waals surface area contributed by atoms with E-state index in [9.17, 15) is 10.1 Å². The van der Waals surface area contributed by atoms with Crippen molar-refractivity contribution in [2.45, 2.75) is 90.6 Å². The molecule has 2 aromatic heterocycles. The Kier molecular flexibility index (Phi) is 9.07. The van der Waals surface area contributed by atoms with E-state index in [1.807, 2.05) is 17.5 Å². The maximum absolute atomic E-state index is 10.9. The Morgan fingerprint density at radius 3 is 2.25 bits per heavy atom. The third-order valence-corrected chi connectivity index (χ3v) is 5.78. The van der Waals surface area contributed by atoms with Crippen molar-refractivity contribution in [3.63, 3.8) is 0 Å². The van der Waals surface area contributed by atoms with E-state index in [-0.39, 0.29) is 11.8 Å². The molecule has 3 aromatic rings. The number of hydrogen-bond acceptors (Lipinski definition) is 5. The molecule has 8 nitrogen and oxygen atoms in total. The number of hydrogen-bond donors (Lipinski definition) is 1. The second kappa shape index (κ2) is 12.2. The van der Waals surface area contributed by atoms with Crippen LogP contribution in [0.25, 0.3) is 5.65 Å². The first-order chi connectivity index (χ1) is 15.6. The molecule has 0 aliphatic carbocycles. The van der Waals surface area contributed by atoms with Crippen LogP contribution in [0.4, 0.5) is 5.69 Å². The van der Waals surface area contributed by atoms with Crippen LogP contribution in [0, 0.1) is 17.0 Å². The van der Waals surface area contributed by atoms with E-state index in [4.69, 9.17) is 4.74 Å². The lowest BCUT2D eigenvalue weighted by molar-refractivity contribution is -0.384. The minimum absolute atomic E-state index is 0.0495. The lowest BCUT2D eigenvalue weighted by Gasteiger charge is -2.17. The van der Waals surface area contributed by atoms with Gasteiger partial charge in [-0.3, -0.25) is 15.2 Å². The monoisotopic (exact) mass is 441 g/mol. The summed E-state index contributed by atoms with van der Waals surface area (Å²) in [5.74, 6) is 1.31. The maximum Gasteiger partial charge on any atom is 0.269 e. The van der Waals surface area contributed by atoms with E-state index in [1.54, 1.807) is 12.1 Å². The molecular weight excluding hydrogens is 406 g/mol. The lowest BCUT2D eigenvalue weighted by Crippen LogP contribution is -2.12. The number of aromatic nitrogens is 4. The number of aromatic amines is 1. The molecule has 32 heavy (non-hydrogen) atoms. The number of nitro benzene ring substituents is 1. The number of rotatable bonds is 15. The molecule has 1 aromatic carbocycles. The molecule has 0 amide bonds. The predicted molar refractivity (Wildman–Crippen MR) is 125 cm³/mol. The van der Waals surface area contributed by atoms with Crippen molar-refractivity contribution in [3.8, 4) is 5.75 Å². The minimum atomic E-state index is -0.408. The van der Waals surface area contributed by atoms with Crippen LogP contribution in [0.1, 0.15) is 95.2 Å². The van der Waals surface area contributed by atoms with Crippen molar-refractivity contribution in [1.29, 1.82) is 0 Å². The molecular formula is C24H35N5O3. The molecule has 3 rings (SSSR count). The van der Waals surface area contributed by atoms with Gasteiger partial charge in [0.15, 0.2) is 17.6 Å². The first kappa shape index (κ1) is 23.8. The van der Waals surface area contributed by atoms with Crippen molar-refractivity contribution in [2.24, 2.45) is 0 Å². The molecule has 0 saturated carbocycles.